The Kier molecular flexibility index (Phi) is 6.00. The standard InChI is InChI=1S/C12H22ClN3O3S/c1-9(8-19-5)15(4)20(17,18)12-10(2)14-16(7-6-13)11(12)3/h9H,6-8H2,1-5H3. The van der Waals surface area contributed by atoms with Crippen LogP contribution in [0.1, 0.15) is 18.3 Å². The Morgan fingerprint density at radius 3 is 2.55 bits per heavy atom. The molecule has 0 bridgehead atoms. The van der Waals surface area contributed by atoms with Gasteiger partial charge in [0.2, 0.25) is 10.0 Å². The fourth-order valence-corrected chi connectivity index (χ4v) is 3.95. The molecule has 1 heterocycles. The van der Waals surface area contributed by atoms with Crippen LogP contribution < -0.4 is 0 Å². The van der Waals surface area contributed by atoms with Crippen LogP contribution in [0.4, 0.5) is 0 Å². The minimum Gasteiger partial charge on any atom is -0.383 e. The smallest absolute Gasteiger partial charge is 0.246 e. The van der Waals surface area contributed by atoms with Gasteiger partial charge in [0.05, 0.1) is 24.5 Å². The maximum Gasteiger partial charge on any atom is 0.246 e. The van der Waals surface area contributed by atoms with Crippen molar-refractivity contribution < 1.29 is 13.2 Å². The Hall–Kier alpha value is -0.630. The third kappa shape index (κ3) is 3.33. The van der Waals surface area contributed by atoms with Gasteiger partial charge in [-0.3, -0.25) is 4.68 Å². The molecule has 0 aliphatic carbocycles. The first-order valence-corrected chi connectivity index (χ1v) is 8.31. The van der Waals surface area contributed by atoms with E-state index in [2.05, 4.69) is 5.10 Å². The van der Waals surface area contributed by atoms with Gasteiger partial charge in [0.25, 0.3) is 0 Å². The number of methoxy groups -OCH3 is 1. The molecular weight excluding hydrogens is 302 g/mol. The molecule has 0 amide bonds. The number of ether oxygens (including phenoxy) is 1. The maximum atomic E-state index is 12.7. The van der Waals surface area contributed by atoms with Gasteiger partial charge in [0.15, 0.2) is 0 Å². The highest BCUT2D eigenvalue weighted by atomic mass is 35.5. The third-order valence-electron chi connectivity index (χ3n) is 3.28. The second-order valence-electron chi connectivity index (χ2n) is 4.74. The normalized spacial score (nSPS) is 13.9. The van der Waals surface area contributed by atoms with E-state index in [1.165, 1.54) is 4.31 Å². The summed E-state index contributed by atoms with van der Waals surface area (Å²) in [6, 6.07) is -0.250. The summed E-state index contributed by atoms with van der Waals surface area (Å²) in [6.07, 6.45) is 0. The van der Waals surface area contributed by atoms with Crippen molar-refractivity contribution in [2.75, 3.05) is 26.6 Å². The summed E-state index contributed by atoms with van der Waals surface area (Å²) in [5.74, 6) is 0.386. The van der Waals surface area contributed by atoms with E-state index in [1.807, 2.05) is 0 Å². The van der Waals surface area contributed by atoms with E-state index in [1.54, 1.807) is 39.6 Å². The number of halogens is 1. The predicted molar refractivity (Wildman–Crippen MR) is 78.7 cm³/mol. The zero-order valence-electron chi connectivity index (χ0n) is 12.6. The van der Waals surface area contributed by atoms with Gasteiger partial charge in [-0.15, -0.1) is 11.6 Å². The molecule has 0 radical (unpaired) electrons. The zero-order chi connectivity index (χ0) is 15.5. The van der Waals surface area contributed by atoms with Crippen molar-refractivity contribution >= 4 is 21.6 Å². The molecule has 6 nitrogen and oxygen atoms in total. The van der Waals surface area contributed by atoms with Crippen LogP contribution in [-0.4, -0.2) is 55.2 Å². The van der Waals surface area contributed by atoms with Crippen molar-refractivity contribution in [2.45, 2.75) is 38.3 Å². The molecule has 0 aromatic carbocycles. The summed E-state index contributed by atoms with van der Waals surface area (Å²) in [5, 5.41) is 4.25. The molecule has 0 aliphatic rings. The van der Waals surface area contributed by atoms with Crippen LogP contribution in [0.5, 0.6) is 0 Å². The lowest BCUT2D eigenvalue weighted by atomic mass is 10.4. The number of sulfonamides is 1. The number of rotatable bonds is 7. The highest BCUT2D eigenvalue weighted by molar-refractivity contribution is 7.89. The molecule has 0 saturated carbocycles. The van der Waals surface area contributed by atoms with E-state index in [4.69, 9.17) is 16.3 Å². The molecule has 116 valence electrons. The zero-order valence-corrected chi connectivity index (χ0v) is 14.1. The number of hydrogen-bond acceptors (Lipinski definition) is 4. The number of alkyl halides is 1. The lowest BCUT2D eigenvalue weighted by molar-refractivity contribution is 0.149. The van der Waals surface area contributed by atoms with Gasteiger partial charge >= 0.3 is 0 Å². The second kappa shape index (κ2) is 6.89. The molecule has 0 aliphatic heterocycles. The first kappa shape index (κ1) is 17.4. The summed E-state index contributed by atoms with van der Waals surface area (Å²) in [7, 11) is -0.492. The summed E-state index contributed by atoms with van der Waals surface area (Å²) in [5.41, 5.74) is 1.10. The second-order valence-corrected chi connectivity index (χ2v) is 7.05. The number of aromatic nitrogens is 2. The van der Waals surface area contributed by atoms with Crippen LogP contribution in [0, 0.1) is 13.8 Å². The highest BCUT2D eigenvalue weighted by Crippen LogP contribution is 2.24. The Morgan fingerprint density at radius 2 is 2.05 bits per heavy atom. The van der Waals surface area contributed by atoms with Crippen molar-refractivity contribution in [2.24, 2.45) is 0 Å². The molecule has 8 heteroatoms. The van der Waals surface area contributed by atoms with E-state index in [0.717, 1.165) is 0 Å². The topological polar surface area (TPSA) is 64.4 Å². The lowest BCUT2D eigenvalue weighted by Gasteiger charge is -2.23. The van der Waals surface area contributed by atoms with Crippen molar-refractivity contribution in [1.29, 1.82) is 0 Å². The molecule has 0 fully saturated rings. The summed E-state index contributed by atoms with van der Waals surface area (Å²) in [4.78, 5) is 0.257. The Labute approximate surface area is 125 Å². The van der Waals surface area contributed by atoms with Crippen molar-refractivity contribution in [1.82, 2.24) is 14.1 Å². The van der Waals surface area contributed by atoms with E-state index in [9.17, 15) is 8.42 Å². The minimum atomic E-state index is -3.59. The molecule has 1 unspecified atom stereocenters. The van der Waals surface area contributed by atoms with Crippen LogP contribution in [0.3, 0.4) is 0 Å². The van der Waals surface area contributed by atoms with Gasteiger partial charge in [0, 0.05) is 26.1 Å². The number of likely N-dealkylation sites (N-methyl/N-ethyl adjacent to an activating group) is 1. The minimum absolute atomic E-state index is 0.250. The summed E-state index contributed by atoms with van der Waals surface area (Å²) < 4.78 is 33.3. The number of hydrogen-bond donors (Lipinski definition) is 0. The van der Waals surface area contributed by atoms with Gasteiger partial charge in [-0.1, -0.05) is 0 Å². The Bertz CT molecular complexity index is 557. The van der Waals surface area contributed by atoms with Crippen LogP contribution in [0.2, 0.25) is 0 Å². The molecule has 0 saturated heterocycles. The number of nitrogens with zero attached hydrogens (tertiary/aromatic N) is 3. The fourth-order valence-electron chi connectivity index (χ4n) is 2.08. The van der Waals surface area contributed by atoms with Gasteiger partial charge in [-0.2, -0.15) is 9.40 Å². The van der Waals surface area contributed by atoms with Gasteiger partial charge in [0.1, 0.15) is 4.90 Å². The quantitative estimate of drug-likeness (QED) is 0.711. The average Bonchev–Trinajstić information content (AvgIpc) is 2.64. The summed E-state index contributed by atoms with van der Waals surface area (Å²) in [6.45, 7) is 6.06. The fraction of sp³-hybridized carbons (Fsp3) is 0.750. The SMILES string of the molecule is COCC(C)N(C)S(=O)(=O)c1c(C)nn(CCCl)c1C. The van der Waals surface area contributed by atoms with Crippen molar-refractivity contribution in [3.05, 3.63) is 11.4 Å². The monoisotopic (exact) mass is 323 g/mol. The lowest BCUT2D eigenvalue weighted by Crippen LogP contribution is -2.38. The first-order valence-electron chi connectivity index (χ1n) is 6.34. The van der Waals surface area contributed by atoms with Crippen LogP contribution in [0.25, 0.3) is 0 Å². The molecule has 1 rings (SSSR count). The first-order chi connectivity index (χ1) is 9.27. The largest absolute Gasteiger partial charge is 0.383 e. The van der Waals surface area contributed by atoms with Crippen LogP contribution in [0.15, 0.2) is 4.90 Å². The average molecular weight is 324 g/mol. The van der Waals surface area contributed by atoms with Gasteiger partial charge < -0.3 is 4.74 Å². The summed E-state index contributed by atoms with van der Waals surface area (Å²) >= 11 is 5.70. The van der Waals surface area contributed by atoms with Gasteiger partial charge in [-0.05, 0) is 20.8 Å². The van der Waals surface area contributed by atoms with Crippen molar-refractivity contribution in [3.8, 4) is 0 Å². The van der Waals surface area contributed by atoms with Gasteiger partial charge in [-0.25, -0.2) is 8.42 Å². The van der Waals surface area contributed by atoms with E-state index >= 15 is 0 Å². The van der Waals surface area contributed by atoms with E-state index in [0.29, 0.717) is 30.4 Å². The maximum absolute atomic E-state index is 12.7. The highest BCUT2D eigenvalue weighted by Gasteiger charge is 2.31. The molecular formula is C12H22ClN3O3S. The van der Waals surface area contributed by atoms with Crippen molar-refractivity contribution in [3.63, 3.8) is 0 Å². The molecule has 1 aromatic rings. The molecule has 0 N–H and O–H groups in total. The van der Waals surface area contributed by atoms with Crippen LogP contribution >= 0.6 is 11.6 Å². The van der Waals surface area contributed by atoms with E-state index in [-0.39, 0.29) is 10.9 Å². The Balaban J connectivity index is 3.22. The molecule has 1 atom stereocenters. The third-order valence-corrected chi connectivity index (χ3v) is 5.67. The molecule has 1 aromatic heterocycles. The predicted octanol–water partition coefficient (Wildman–Crippen LogP) is 1.39. The number of aryl methyl sites for hydroxylation is 2. The Morgan fingerprint density at radius 1 is 1.45 bits per heavy atom. The van der Waals surface area contributed by atoms with Crippen LogP contribution in [-0.2, 0) is 21.3 Å². The molecule has 0 spiro atoms. The van der Waals surface area contributed by atoms with E-state index < -0.39 is 10.0 Å². The molecule has 20 heavy (non-hydrogen) atoms.